The number of aryl methyl sites for hydroxylation is 2. The maximum atomic E-state index is 13.1. The third-order valence-corrected chi connectivity index (χ3v) is 6.02. The van der Waals surface area contributed by atoms with Crippen LogP contribution in [0.25, 0.3) is 0 Å². The molecule has 0 aromatic heterocycles. The molecule has 0 unspecified atom stereocenters. The predicted octanol–water partition coefficient (Wildman–Crippen LogP) is 4.73. The summed E-state index contributed by atoms with van der Waals surface area (Å²) in [6.07, 6.45) is 0. The quantitative estimate of drug-likeness (QED) is 0.598. The van der Waals surface area contributed by atoms with Crippen LogP contribution >= 0.6 is 11.8 Å². The number of nitrogens with one attached hydrogen (secondary N) is 1. The van der Waals surface area contributed by atoms with E-state index in [1.165, 1.54) is 11.1 Å². The van der Waals surface area contributed by atoms with Crippen LogP contribution in [0.1, 0.15) is 43.0 Å². The lowest BCUT2D eigenvalue weighted by molar-refractivity contribution is -0.138. The highest BCUT2D eigenvalue weighted by atomic mass is 32.2. The summed E-state index contributed by atoms with van der Waals surface area (Å²) < 4.78 is 0. The molecule has 0 spiro atoms. The number of hydrogen-bond acceptors (Lipinski definition) is 3. The fourth-order valence-electron chi connectivity index (χ4n) is 3.15. The summed E-state index contributed by atoms with van der Waals surface area (Å²) in [5.41, 5.74) is 4.62. The van der Waals surface area contributed by atoms with Crippen LogP contribution in [0.5, 0.6) is 0 Å². The van der Waals surface area contributed by atoms with Crippen LogP contribution in [0.15, 0.2) is 48.5 Å². The molecule has 0 saturated heterocycles. The van der Waals surface area contributed by atoms with Gasteiger partial charge in [-0.15, -0.1) is 11.8 Å². The monoisotopic (exact) mass is 426 g/mol. The van der Waals surface area contributed by atoms with E-state index < -0.39 is 6.04 Å². The molecular formula is C25H34N2O2S. The average molecular weight is 427 g/mol. The van der Waals surface area contributed by atoms with Gasteiger partial charge in [-0.25, -0.2) is 0 Å². The molecule has 5 heteroatoms. The second-order valence-electron chi connectivity index (χ2n) is 8.24. The highest BCUT2D eigenvalue weighted by molar-refractivity contribution is 7.99. The van der Waals surface area contributed by atoms with Crippen molar-refractivity contribution in [2.24, 2.45) is 5.92 Å². The number of carbonyl (C=O) groups excluding carboxylic acids is 2. The van der Waals surface area contributed by atoms with Crippen LogP contribution in [0.3, 0.4) is 0 Å². The van der Waals surface area contributed by atoms with E-state index in [9.17, 15) is 9.59 Å². The van der Waals surface area contributed by atoms with Crippen LogP contribution in [0, 0.1) is 19.8 Å². The first-order valence-corrected chi connectivity index (χ1v) is 11.7. The van der Waals surface area contributed by atoms with Gasteiger partial charge in [0.05, 0.1) is 5.75 Å². The van der Waals surface area contributed by atoms with Gasteiger partial charge in [-0.2, -0.15) is 0 Å². The molecule has 0 radical (unpaired) electrons. The molecule has 0 bridgehead atoms. The van der Waals surface area contributed by atoms with Crippen LogP contribution in [-0.4, -0.2) is 35.1 Å². The van der Waals surface area contributed by atoms with Gasteiger partial charge in [-0.1, -0.05) is 67.9 Å². The Balaban J connectivity index is 2.07. The van der Waals surface area contributed by atoms with Crippen LogP contribution in [-0.2, 0) is 21.9 Å². The highest BCUT2D eigenvalue weighted by Crippen LogP contribution is 2.18. The van der Waals surface area contributed by atoms with E-state index in [4.69, 9.17) is 0 Å². The molecule has 30 heavy (non-hydrogen) atoms. The van der Waals surface area contributed by atoms with Crippen molar-refractivity contribution in [2.75, 3.05) is 12.3 Å². The summed E-state index contributed by atoms with van der Waals surface area (Å²) >= 11 is 1.59. The molecule has 1 N–H and O–H groups in total. The number of nitrogens with zero attached hydrogens (tertiary/aromatic N) is 1. The summed E-state index contributed by atoms with van der Waals surface area (Å²) in [7, 11) is 0. The second-order valence-corrected chi connectivity index (χ2v) is 9.23. The van der Waals surface area contributed by atoms with E-state index >= 15 is 0 Å². The Morgan fingerprint density at radius 2 is 1.77 bits per heavy atom. The number of amides is 2. The van der Waals surface area contributed by atoms with E-state index in [1.807, 2.05) is 44.2 Å². The number of thioether (sulfide) groups is 1. The summed E-state index contributed by atoms with van der Waals surface area (Å²) in [5.74, 6) is 1.38. The highest BCUT2D eigenvalue weighted by Gasteiger charge is 2.26. The molecule has 1 atom stereocenters. The molecule has 2 amide bonds. The van der Waals surface area contributed by atoms with Gasteiger partial charge in [0, 0.05) is 18.8 Å². The van der Waals surface area contributed by atoms with E-state index in [1.54, 1.807) is 16.7 Å². The number of carbonyl (C=O) groups is 2. The molecule has 2 rings (SSSR count). The van der Waals surface area contributed by atoms with Crippen molar-refractivity contribution in [1.82, 2.24) is 10.2 Å². The molecule has 0 aliphatic rings. The van der Waals surface area contributed by atoms with E-state index in [0.29, 0.717) is 24.8 Å². The van der Waals surface area contributed by atoms with Gasteiger partial charge in [-0.3, -0.25) is 9.59 Å². The van der Waals surface area contributed by atoms with E-state index in [0.717, 1.165) is 16.9 Å². The minimum Gasteiger partial charge on any atom is -0.354 e. The minimum absolute atomic E-state index is 0.0110. The SMILES string of the molecule is Cc1cccc(CSCC(=O)N(Cc2ccccc2C)[C@H](C)C(=O)NCC(C)C)c1. The molecule has 2 aromatic rings. The van der Waals surface area contributed by atoms with Crippen molar-refractivity contribution in [3.8, 4) is 0 Å². The average Bonchev–Trinajstić information content (AvgIpc) is 2.70. The summed E-state index contributed by atoms with van der Waals surface area (Å²) in [6, 6.07) is 15.8. The molecule has 0 aliphatic carbocycles. The fraction of sp³-hybridized carbons (Fsp3) is 0.440. The van der Waals surface area contributed by atoms with Crippen molar-refractivity contribution in [3.05, 3.63) is 70.8 Å². The minimum atomic E-state index is -0.518. The zero-order chi connectivity index (χ0) is 22.1. The van der Waals surface area contributed by atoms with Crippen molar-refractivity contribution in [2.45, 2.75) is 53.0 Å². The second kappa shape index (κ2) is 11.8. The van der Waals surface area contributed by atoms with Crippen LogP contribution in [0.4, 0.5) is 0 Å². The van der Waals surface area contributed by atoms with E-state index in [2.05, 4.69) is 44.3 Å². The summed E-state index contributed by atoms with van der Waals surface area (Å²) in [5, 5.41) is 2.97. The summed E-state index contributed by atoms with van der Waals surface area (Å²) in [6.45, 7) is 11.1. The van der Waals surface area contributed by atoms with Gasteiger partial charge in [0.1, 0.15) is 6.04 Å². The number of rotatable bonds is 10. The zero-order valence-corrected chi connectivity index (χ0v) is 19.6. The molecule has 0 fully saturated rings. The Bertz CT molecular complexity index is 851. The van der Waals surface area contributed by atoms with Crippen molar-refractivity contribution < 1.29 is 9.59 Å². The van der Waals surface area contributed by atoms with Gasteiger partial charge >= 0.3 is 0 Å². The molecular weight excluding hydrogens is 392 g/mol. The third kappa shape index (κ3) is 7.52. The van der Waals surface area contributed by atoms with E-state index in [-0.39, 0.29) is 11.8 Å². The lowest BCUT2D eigenvalue weighted by Gasteiger charge is -2.29. The first-order chi connectivity index (χ1) is 14.3. The normalized spacial score (nSPS) is 11.9. The maximum Gasteiger partial charge on any atom is 0.242 e. The van der Waals surface area contributed by atoms with Gasteiger partial charge in [-0.05, 0) is 43.4 Å². The standard InChI is InChI=1S/C25H34N2O2S/c1-18(2)14-26-25(29)21(5)27(15-23-12-7-6-10-20(23)4)24(28)17-30-16-22-11-8-9-19(3)13-22/h6-13,18,21H,14-17H2,1-5H3,(H,26,29)/t21-/m1/s1. The van der Waals surface area contributed by atoms with Crippen molar-refractivity contribution in [3.63, 3.8) is 0 Å². The molecule has 2 aromatic carbocycles. The Morgan fingerprint density at radius 1 is 1.03 bits per heavy atom. The van der Waals surface area contributed by atoms with Crippen molar-refractivity contribution in [1.29, 1.82) is 0 Å². The maximum absolute atomic E-state index is 13.1. The molecule has 4 nitrogen and oxygen atoms in total. The topological polar surface area (TPSA) is 49.4 Å². The smallest absolute Gasteiger partial charge is 0.242 e. The zero-order valence-electron chi connectivity index (χ0n) is 18.8. The lowest BCUT2D eigenvalue weighted by Crippen LogP contribution is -2.48. The van der Waals surface area contributed by atoms with Gasteiger partial charge < -0.3 is 10.2 Å². The lowest BCUT2D eigenvalue weighted by atomic mass is 10.1. The Labute approximate surface area is 185 Å². The van der Waals surface area contributed by atoms with Crippen LogP contribution in [0.2, 0.25) is 0 Å². The van der Waals surface area contributed by atoms with Gasteiger partial charge in [0.15, 0.2) is 0 Å². The Morgan fingerprint density at radius 3 is 2.43 bits per heavy atom. The third-order valence-electron chi connectivity index (χ3n) is 5.03. The molecule has 0 heterocycles. The molecule has 0 saturated carbocycles. The van der Waals surface area contributed by atoms with Gasteiger partial charge in [0.2, 0.25) is 11.8 Å². The number of hydrogen-bond donors (Lipinski definition) is 1. The summed E-state index contributed by atoms with van der Waals surface area (Å²) in [4.78, 5) is 27.5. The Kier molecular flexibility index (Phi) is 9.44. The Hall–Kier alpha value is -2.27. The largest absolute Gasteiger partial charge is 0.354 e. The van der Waals surface area contributed by atoms with Gasteiger partial charge in [0.25, 0.3) is 0 Å². The first kappa shape index (κ1) is 24.0. The van der Waals surface area contributed by atoms with Crippen molar-refractivity contribution >= 4 is 23.6 Å². The molecule has 0 aliphatic heterocycles. The fourth-order valence-corrected chi connectivity index (χ4v) is 4.00. The van der Waals surface area contributed by atoms with Crippen LogP contribution < -0.4 is 5.32 Å². The molecule has 162 valence electrons. The predicted molar refractivity (Wildman–Crippen MR) is 126 cm³/mol. The number of benzene rings is 2. The first-order valence-electron chi connectivity index (χ1n) is 10.5.